The van der Waals surface area contributed by atoms with E-state index in [1.54, 1.807) is 16.4 Å². The zero-order valence-electron chi connectivity index (χ0n) is 12.6. The molecule has 21 heavy (non-hydrogen) atoms. The molecule has 1 aliphatic heterocycles. The van der Waals surface area contributed by atoms with Crippen molar-refractivity contribution in [2.24, 2.45) is 5.92 Å². The van der Waals surface area contributed by atoms with E-state index < -0.39 is 10.0 Å². The molecule has 0 unspecified atom stereocenters. The minimum absolute atomic E-state index is 0.398. The van der Waals surface area contributed by atoms with Gasteiger partial charge in [-0.05, 0) is 42.9 Å². The molecule has 1 heterocycles. The van der Waals surface area contributed by atoms with Gasteiger partial charge >= 0.3 is 0 Å². The Balaban J connectivity index is 2.04. The number of rotatable bonds is 6. The van der Waals surface area contributed by atoms with Crippen LogP contribution in [-0.4, -0.2) is 31.7 Å². The van der Waals surface area contributed by atoms with E-state index in [2.05, 4.69) is 6.92 Å². The molecule has 0 aliphatic carbocycles. The van der Waals surface area contributed by atoms with Crippen LogP contribution in [0, 0.1) is 5.92 Å². The van der Waals surface area contributed by atoms with E-state index in [4.69, 9.17) is 11.6 Å². The lowest BCUT2D eigenvalue weighted by Crippen LogP contribution is -2.38. The number of halogens is 1. The number of aryl methyl sites for hydroxylation is 1. The standard InChI is InChI=1S/C16H24ClNO2S/c1-2-3-14-9-12-18(13-10-14)21(19,20)16-6-4-15(5-7-16)8-11-17/h4-7,14H,2-3,8-13H2,1H3. The Kier molecular flexibility index (Phi) is 6.08. The van der Waals surface area contributed by atoms with Gasteiger partial charge in [-0.3, -0.25) is 0 Å². The van der Waals surface area contributed by atoms with Crippen molar-refractivity contribution in [3.8, 4) is 0 Å². The van der Waals surface area contributed by atoms with E-state index in [0.29, 0.717) is 29.8 Å². The average Bonchev–Trinajstić information content (AvgIpc) is 2.49. The Hall–Kier alpha value is -0.580. The molecule has 2 rings (SSSR count). The molecule has 1 aliphatic rings. The van der Waals surface area contributed by atoms with Crippen LogP contribution in [0.1, 0.15) is 38.2 Å². The normalized spacial score (nSPS) is 18.0. The molecule has 0 aromatic heterocycles. The van der Waals surface area contributed by atoms with Crippen molar-refractivity contribution < 1.29 is 8.42 Å². The maximum atomic E-state index is 12.6. The highest BCUT2D eigenvalue weighted by Gasteiger charge is 2.28. The van der Waals surface area contributed by atoms with Gasteiger partial charge in [0, 0.05) is 19.0 Å². The van der Waals surface area contributed by atoms with E-state index >= 15 is 0 Å². The summed E-state index contributed by atoms with van der Waals surface area (Å²) in [6.07, 6.45) is 5.12. The summed E-state index contributed by atoms with van der Waals surface area (Å²) in [5.41, 5.74) is 1.07. The largest absolute Gasteiger partial charge is 0.243 e. The fourth-order valence-electron chi connectivity index (χ4n) is 2.93. The number of hydrogen-bond acceptors (Lipinski definition) is 2. The Morgan fingerprint density at radius 3 is 2.33 bits per heavy atom. The molecular weight excluding hydrogens is 306 g/mol. The van der Waals surface area contributed by atoms with Crippen LogP contribution < -0.4 is 0 Å². The molecular formula is C16H24ClNO2S. The zero-order valence-corrected chi connectivity index (χ0v) is 14.2. The van der Waals surface area contributed by atoms with Crippen molar-refractivity contribution in [3.63, 3.8) is 0 Å². The maximum Gasteiger partial charge on any atom is 0.243 e. The second-order valence-corrected chi connectivity index (χ2v) is 8.03. The molecule has 0 spiro atoms. The molecule has 0 bridgehead atoms. The van der Waals surface area contributed by atoms with Gasteiger partial charge in [0.05, 0.1) is 4.90 Å². The van der Waals surface area contributed by atoms with Crippen molar-refractivity contribution in [1.29, 1.82) is 0 Å². The number of benzene rings is 1. The minimum atomic E-state index is -3.33. The molecule has 118 valence electrons. The summed E-state index contributed by atoms with van der Waals surface area (Å²) < 4.78 is 26.9. The van der Waals surface area contributed by atoms with E-state index in [9.17, 15) is 8.42 Å². The van der Waals surface area contributed by atoms with E-state index in [1.807, 2.05) is 12.1 Å². The molecule has 0 amide bonds. The van der Waals surface area contributed by atoms with Gasteiger partial charge in [-0.25, -0.2) is 8.42 Å². The van der Waals surface area contributed by atoms with Crippen LogP contribution in [-0.2, 0) is 16.4 Å². The highest BCUT2D eigenvalue weighted by Crippen LogP contribution is 2.26. The van der Waals surface area contributed by atoms with Gasteiger partial charge in [0.1, 0.15) is 0 Å². The average molecular weight is 330 g/mol. The van der Waals surface area contributed by atoms with Gasteiger partial charge in [-0.2, -0.15) is 4.31 Å². The van der Waals surface area contributed by atoms with Crippen LogP contribution in [0.4, 0.5) is 0 Å². The van der Waals surface area contributed by atoms with Crippen LogP contribution in [0.15, 0.2) is 29.2 Å². The third kappa shape index (κ3) is 4.21. The fraction of sp³-hybridized carbons (Fsp3) is 0.625. The molecule has 0 N–H and O–H groups in total. The van der Waals surface area contributed by atoms with Crippen LogP contribution in [0.25, 0.3) is 0 Å². The summed E-state index contributed by atoms with van der Waals surface area (Å²) in [6, 6.07) is 7.13. The summed E-state index contributed by atoms with van der Waals surface area (Å²) in [5, 5.41) is 0. The molecule has 1 aromatic rings. The summed E-state index contributed by atoms with van der Waals surface area (Å²) >= 11 is 5.70. The number of hydrogen-bond donors (Lipinski definition) is 0. The summed E-state index contributed by atoms with van der Waals surface area (Å²) in [6.45, 7) is 3.48. The second-order valence-electron chi connectivity index (χ2n) is 5.72. The topological polar surface area (TPSA) is 37.4 Å². The van der Waals surface area contributed by atoms with Crippen molar-refractivity contribution in [2.45, 2.75) is 43.9 Å². The van der Waals surface area contributed by atoms with Gasteiger partial charge in [0.15, 0.2) is 0 Å². The molecule has 1 aromatic carbocycles. The van der Waals surface area contributed by atoms with Gasteiger partial charge in [0.25, 0.3) is 0 Å². The summed E-state index contributed by atoms with van der Waals surface area (Å²) in [4.78, 5) is 0.398. The first kappa shape index (κ1) is 16.8. The summed E-state index contributed by atoms with van der Waals surface area (Å²) in [5.74, 6) is 1.24. The van der Waals surface area contributed by atoms with Crippen LogP contribution in [0.3, 0.4) is 0 Å². The molecule has 0 saturated carbocycles. The van der Waals surface area contributed by atoms with E-state index in [-0.39, 0.29) is 0 Å². The van der Waals surface area contributed by atoms with Crippen molar-refractivity contribution in [1.82, 2.24) is 4.31 Å². The van der Waals surface area contributed by atoms with Crippen molar-refractivity contribution in [3.05, 3.63) is 29.8 Å². The number of sulfonamides is 1. The molecule has 0 radical (unpaired) electrons. The second kappa shape index (κ2) is 7.61. The highest BCUT2D eigenvalue weighted by atomic mass is 35.5. The first-order valence-corrected chi connectivity index (χ1v) is 9.70. The Morgan fingerprint density at radius 1 is 1.19 bits per heavy atom. The SMILES string of the molecule is CCCC1CCN(S(=O)(=O)c2ccc(CCCl)cc2)CC1. The van der Waals surface area contributed by atoms with Crippen LogP contribution in [0.5, 0.6) is 0 Å². The monoisotopic (exact) mass is 329 g/mol. The quantitative estimate of drug-likeness (QED) is 0.747. The molecule has 1 fully saturated rings. The minimum Gasteiger partial charge on any atom is -0.207 e. The van der Waals surface area contributed by atoms with Crippen LogP contribution >= 0.6 is 11.6 Å². The molecule has 5 heteroatoms. The van der Waals surface area contributed by atoms with Crippen molar-refractivity contribution >= 4 is 21.6 Å². The smallest absolute Gasteiger partial charge is 0.207 e. The maximum absolute atomic E-state index is 12.6. The van der Waals surface area contributed by atoms with Gasteiger partial charge in [0.2, 0.25) is 10.0 Å². The Bertz CT molecular complexity index is 534. The molecule has 3 nitrogen and oxygen atoms in total. The Morgan fingerprint density at radius 2 is 1.81 bits per heavy atom. The first-order chi connectivity index (χ1) is 10.1. The lowest BCUT2D eigenvalue weighted by Gasteiger charge is -2.31. The van der Waals surface area contributed by atoms with E-state index in [0.717, 1.165) is 24.8 Å². The Labute approximate surface area is 133 Å². The predicted octanol–water partition coefficient (Wildman–Crippen LogP) is 3.67. The van der Waals surface area contributed by atoms with Crippen LogP contribution in [0.2, 0.25) is 0 Å². The third-order valence-electron chi connectivity index (χ3n) is 4.21. The van der Waals surface area contributed by atoms with Gasteiger partial charge in [-0.15, -0.1) is 11.6 Å². The number of nitrogens with zero attached hydrogens (tertiary/aromatic N) is 1. The lowest BCUT2D eigenvalue weighted by molar-refractivity contribution is 0.262. The molecule has 1 saturated heterocycles. The number of piperidine rings is 1. The molecule has 0 atom stereocenters. The highest BCUT2D eigenvalue weighted by molar-refractivity contribution is 7.89. The third-order valence-corrected chi connectivity index (χ3v) is 6.32. The predicted molar refractivity (Wildman–Crippen MR) is 87.3 cm³/mol. The first-order valence-electron chi connectivity index (χ1n) is 7.73. The fourth-order valence-corrected chi connectivity index (χ4v) is 4.62. The zero-order chi connectivity index (χ0) is 15.3. The summed E-state index contributed by atoms with van der Waals surface area (Å²) in [7, 11) is -3.33. The number of alkyl halides is 1. The van der Waals surface area contributed by atoms with Gasteiger partial charge < -0.3 is 0 Å². The van der Waals surface area contributed by atoms with E-state index in [1.165, 1.54) is 12.8 Å². The lowest BCUT2D eigenvalue weighted by atomic mass is 9.94. The van der Waals surface area contributed by atoms with Gasteiger partial charge in [-0.1, -0.05) is 31.9 Å². The van der Waals surface area contributed by atoms with Crippen molar-refractivity contribution in [2.75, 3.05) is 19.0 Å².